The standard InChI is InChI=1S/C16H23NO2/c1-17(11-5-4-8-16(18)19)15-10-9-13-6-2-3-7-14(13)12-15/h2-3,6-7,15H,4-5,8-12H2,1H3,(H,18,19)/t15-/m1/s1. The Balaban J connectivity index is 1.78. The van der Waals surface area contributed by atoms with E-state index in [-0.39, 0.29) is 0 Å². The highest BCUT2D eigenvalue weighted by atomic mass is 16.4. The molecule has 3 nitrogen and oxygen atoms in total. The van der Waals surface area contributed by atoms with Gasteiger partial charge in [-0.1, -0.05) is 24.3 Å². The molecular formula is C16H23NO2. The van der Waals surface area contributed by atoms with E-state index in [0.29, 0.717) is 12.5 Å². The minimum absolute atomic E-state index is 0.293. The SMILES string of the molecule is CN(CCCCC(=O)O)[C@@H]1CCc2ccccc2C1. The van der Waals surface area contributed by atoms with Crippen molar-refractivity contribution in [1.29, 1.82) is 0 Å². The van der Waals surface area contributed by atoms with Crippen molar-refractivity contribution in [2.75, 3.05) is 13.6 Å². The first kappa shape index (κ1) is 14.1. The van der Waals surface area contributed by atoms with Gasteiger partial charge < -0.3 is 10.0 Å². The summed E-state index contributed by atoms with van der Waals surface area (Å²) in [6.07, 6.45) is 5.56. The molecule has 0 unspecified atom stereocenters. The lowest BCUT2D eigenvalue weighted by Crippen LogP contribution is -2.37. The van der Waals surface area contributed by atoms with E-state index < -0.39 is 5.97 Å². The lowest BCUT2D eigenvalue weighted by molar-refractivity contribution is -0.137. The quantitative estimate of drug-likeness (QED) is 0.800. The monoisotopic (exact) mass is 261 g/mol. The van der Waals surface area contributed by atoms with E-state index in [0.717, 1.165) is 25.8 Å². The van der Waals surface area contributed by atoms with Crippen LogP contribution < -0.4 is 0 Å². The summed E-state index contributed by atoms with van der Waals surface area (Å²) < 4.78 is 0. The molecule has 0 aromatic heterocycles. The number of aryl methyl sites for hydroxylation is 1. The van der Waals surface area contributed by atoms with Gasteiger partial charge in [-0.05, 0) is 56.8 Å². The van der Waals surface area contributed by atoms with Gasteiger partial charge in [-0.25, -0.2) is 0 Å². The molecule has 1 N–H and O–H groups in total. The molecule has 0 aliphatic heterocycles. The van der Waals surface area contributed by atoms with Crippen molar-refractivity contribution < 1.29 is 9.90 Å². The third-order valence-electron chi connectivity index (χ3n) is 4.10. The number of unbranched alkanes of at least 4 members (excludes halogenated alkanes) is 1. The second-order valence-corrected chi connectivity index (χ2v) is 5.50. The second kappa shape index (κ2) is 6.71. The Morgan fingerprint density at radius 2 is 2.05 bits per heavy atom. The Bertz CT molecular complexity index is 431. The lowest BCUT2D eigenvalue weighted by Gasteiger charge is -2.32. The molecule has 0 spiro atoms. The van der Waals surface area contributed by atoms with Crippen LogP contribution in [0.2, 0.25) is 0 Å². The van der Waals surface area contributed by atoms with Crippen molar-refractivity contribution >= 4 is 5.97 Å². The largest absolute Gasteiger partial charge is 0.481 e. The van der Waals surface area contributed by atoms with Gasteiger partial charge in [0.15, 0.2) is 0 Å². The number of fused-ring (bicyclic) bond motifs is 1. The maximum atomic E-state index is 10.5. The van der Waals surface area contributed by atoms with Gasteiger partial charge in [-0.3, -0.25) is 4.79 Å². The molecule has 1 aromatic carbocycles. The molecular weight excluding hydrogens is 238 g/mol. The molecule has 0 fully saturated rings. The summed E-state index contributed by atoms with van der Waals surface area (Å²) in [5, 5.41) is 8.62. The number of aliphatic carboxylic acids is 1. The molecule has 0 saturated heterocycles. The third-order valence-corrected chi connectivity index (χ3v) is 4.10. The van der Waals surface area contributed by atoms with Crippen molar-refractivity contribution in [1.82, 2.24) is 4.90 Å². The molecule has 0 bridgehead atoms. The average Bonchev–Trinajstić information content (AvgIpc) is 2.42. The van der Waals surface area contributed by atoms with Crippen LogP contribution in [0.25, 0.3) is 0 Å². The first-order valence-electron chi connectivity index (χ1n) is 7.15. The molecule has 2 rings (SSSR count). The van der Waals surface area contributed by atoms with E-state index in [1.807, 2.05) is 0 Å². The number of carboxylic acid groups (broad SMARTS) is 1. The van der Waals surface area contributed by atoms with E-state index >= 15 is 0 Å². The Labute approximate surface area is 115 Å². The summed E-state index contributed by atoms with van der Waals surface area (Å²) in [7, 11) is 2.17. The van der Waals surface area contributed by atoms with Gasteiger partial charge in [0.05, 0.1) is 0 Å². The number of hydrogen-bond donors (Lipinski definition) is 1. The number of rotatable bonds is 6. The molecule has 0 amide bonds. The fourth-order valence-corrected chi connectivity index (χ4v) is 2.87. The zero-order valence-corrected chi connectivity index (χ0v) is 11.6. The Morgan fingerprint density at radius 1 is 1.32 bits per heavy atom. The highest BCUT2D eigenvalue weighted by Crippen LogP contribution is 2.23. The van der Waals surface area contributed by atoms with Crippen molar-refractivity contribution in [2.45, 2.75) is 44.6 Å². The molecule has 0 heterocycles. The maximum absolute atomic E-state index is 10.5. The molecule has 1 aromatic rings. The van der Waals surface area contributed by atoms with Gasteiger partial charge in [0.1, 0.15) is 0 Å². The van der Waals surface area contributed by atoms with Crippen LogP contribution >= 0.6 is 0 Å². The lowest BCUT2D eigenvalue weighted by atomic mass is 9.87. The molecule has 104 valence electrons. The van der Waals surface area contributed by atoms with Gasteiger partial charge in [0.25, 0.3) is 0 Å². The highest BCUT2D eigenvalue weighted by Gasteiger charge is 2.21. The van der Waals surface area contributed by atoms with Crippen LogP contribution in [0.1, 0.15) is 36.8 Å². The zero-order chi connectivity index (χ0) is 13.7. The Hall–Kier alpha value is -1.35. The number of nitrogens with zero attached hydrogens (tertiary/aromatic N) is 1. The van der Waals surface area contributed by atoms with Crippen molar-refractivity contribution in [3.05, 3.63) is 35.4 Å². The third kappa shape index (κ3) is 4.06. The molecule has 1 atom stereocenters. The first-order chi connectivity index (χ1) is 9.16. The van der Waals surface area contributed by atoms with Crippen molar-refractivity contribution in [2.24, 2.45) is 0 Å². The molecule has 1 aliphatic carbocycles. The summed E-state index contributed by atoms with van der Waals surface area (Å²) in [4.78, 5) is 12.9. The molecule has 0 radical (unpaired) electrons. The van der Waals surface area contributed by atoms with Gasteiger partial charge in [-0.15, -0.1) is 0 Å². The smallest absolute Gasteiger partial charge is 0.303 e. The highest BCUT2D eigenvalue weighted by molar-refractivity contribution is 5.66. The van der Waals surface area contributed by atoms with Crippen LogP contribution in [-0.4, -0.2) is 35.6 Å². The molecule has 0 saturated carbocycles. The summed E-state index contributed by atoms with van der Waals surface area (Å²) in [6.45, 7) is 1.00. The minimum Gasteiger partial charge on any atom is -0.481 e. The predicted molar refractivity (Wildman–Crippen MR) is 76.4 cm³/mol. The molecule has 3 heteroatoms. The average molecular weight is 261 g/mol. The van der Waals surface area contributed by atoms with E-state index in [4.69, 9.17) is 5.11 Å². The normalized spacial score (nSPS) is 18.3. The van der Waals surface area contributed by atoms with Gasteiger partial charge in [0, 0.05) is 12.5 Å². The van der Waals surface area contributed by atoms with Gasteiger partial charge in [0.2, 0.25) is 0 Å². The first-order valence-corrected chi connectivity index (χ1v) is 7.15. The van der Waals surface area contributed by atoms with Crippen LogP contribution in [0.4, 0.5) is 0 Å². The summed E-state index contributed by atoms with van der Waals surface area (Å²) in [6, 6.07) is 9.32. The zero-order valence-electron chi connectivity index (χ0n) is 11.6. The minimum atomic E-state index is -0.686. The van der Waals surface area contributed by atoms with Crippen LogP contribution in [-0.2, 0) is 17.6 Å². The predicted octanol–water partition coefficient (Wildman–Crippen LogP) is 2.73. The van der Waals surface area contributed by atoms with Crippen LogP contribution in [0.15, 0.2) is 24.3 Å². The molecule has 19 heavy (non-hydrogen) atoms. The topological polar surface area (TPSA) is 40.5 Å². The fourth-order valence-electron chi connectivity index (χ4n) is 2.87. The summed E-state index contributed by atoms with van der Waals surface area (Å²) in [5.74, 6) is -0.686. The number of benzene rings is 1. The second-order valence-electron chi connectivity index (χ2n) is 5.50. The maximum Gasteiger partial charge on any atom is 0.303 e. The van der Waals surface area contributed by atoms with Crippen LogP contribution in [0, 0.1) is 0 Å². The van der Waals surface area contributed by atoms with Gasteiger partial charge >= 0.3 is 5.97 Å². The Morgan fingerprint density at radius 3 is 2.79 bits per heavy atom. The van der Waals surface area contributed by atoms with E-state index in [1.54, 1.807) is 0 Å². The summed E-state index contributed by atoms with van der Waals surface area (Å²) >= 11 is 0. The number of likely N-dealkylation sites (N-methyl/N-ethyl adjacent to an activating group) is 1. The Kier molecular flexibility index (Phi) is 4.97. The van der Waals surface area contributed by atoms with E-state index in [2.05, 4.69) is 36.2 Å². The number of hydrogen-bond acceptors (Lipinski definition) is 2. The van der Waals surface area contributed by atoms with Gasteiger partial charge in [-0.2, -0.15) is 0 Å². The number of carboxylic acids is 1. The summed E-state index contributed by atoms with van der Waals surface area (Å²) in [5.41, 5.74) is 2.98. The fraction of sp³-hybridized carbons (Fsp3) is 0.562. The van der Waals surface area contributed by atoms with Crippen molar-refractivity contribution in [3.8, 4) is 0 Å². The van der Waals surface area contributed by atoms with E-state index in [9.17, 15) is 4.79 Å². The van der Waals surface area contributed by atoms with Crippen LogP contribution in [0.5, 0.6) is 0 Å². The van der Waals surface area contributed by atoms with Crippen molar-refractivity contribution in [3.63, 3.8) is 0 Å². The van der Waals surface area contributed by atoms with Crippen LogP contribution in [0.3, 0.4) is 0 Å². The molecule has 1 aliphatic rings. The number of carbonyl (C=O) groups is 1. The van der Waals surface area contributed by atoms with E-state index in [1.165, 1.54) is 24.0 Å².